The highest BCUT2D eigenvalue weighted by molar-refractivity contribution is 6.18. The van der Waals surface area contributed by atoms with E-state index in [9.17, 15) is 39.3 Å². The Morgan fingerprint density at radius 2 is 1.20 bits per heavy atom. The number of nitrogens with zero attached hydrogens (tertiary/aromatic N) is 1. The largest absolute Gasteiger partial charge is 0.394 e. The highest BCUT2D eigenvalue weighted by Crippen LogP contribution is 2.53. The molecule has 11 heteroatoms. The minimum Gasteiger partial charge on any atom is -0.394 e. The fourth-order valence-corrected chi connectivity index (χ4v) is 5.29. The maximum atomic E-state index is 14.5. The van der Waals surface area contributed by atoms with Crippen LogP contribution in [0.2, 0.25) is 0 Å². The number of H-pyrrole nitrogens is 1. The number of nitrogens with one attached hydrogen (secondary N) is 1. The van der Waals surface area contributed by atoms with Gasteiger partial charge in [0.1, 0.15) is 6.10 Å². The summed E-state index contributed by atoms with van der Waals surface area (Å²) >= 11 is 0. The summed E-state index contributed by atoms with van der Waals surface area (Å²) in [4.78, 5) is 70.2. The van der Waals surface area contributed by atoms with Crippen molar-refractivity contribution < 1.29 is 34.4 Å². The number of rotatable bonds is 8. The molecular formula is C30H24N2O9. The van der Waals surface area contributed by atoms with Crippen LogP contribution in [0.4, 0.5) is 0 Å². The van der Waals surface area contributed by atoms with Crippen molar-refractivity contribution in [2.24, 2.45) is 0 Å². The Labute approximate surface area is 231 Å². The van der Waals surface area contributed by atoms with E-state index < -0.39 is 58.2 Å². The van der Waals surface area contributed by atoms with Gasteiger partial charge < -0.3 is 20.1 Å². The third kappa shape index (κ3) is 3.94. The lowest BCUT2D eigenvalue weighted by Gasteiger charge is -2.43. The molecule has 0 aliphatic carbocycles. The van der Waals surface area contributed by atoms with E-state index in [0.29, 0.717) is 4.57 Å². The average Bonchev–Trinajstić information content (AvgIpc) is 3.22. The van der Waals surface area contributed by atoms with E-state index in [1.54, 1.807) is 18.2 Å². The summed E-state index contributed by atoms with van der Waals surface area (Å²) in [7, 11) is 0. The molecular weight excluding hydrogens is 532 g/mol. The molecule has 0 amide bonds. The third-order valence-electron chi connectivity index (χ3n) is 7.24. The van der Waals surface area contributed by atoms with Crippen molar-refractivity contribution in [1.82, 2.24) is 9.55 Å². The molecule has 2 heterocycles. The Bertz CT molecular complexity index is 1740. The summed E-state index contributed by atoms with van der Waals surface area (Å²) in [6.07, 6.45) is -1.31. The van der Waals surface area contributed by atoms with E-state index >= 15 is 0 Å². The van der Waals surface area contributed by atoms with Gasteiger partial charge in [0.25, 0.3) is 11.3 Å². The summed E-state index contributed by atoms with van der Waals surface area (Å²) in [5, 5.41) is 35.5. The molecule has 0 unspecified atom stereocenters. The number of aromatic amines is 1. The second-order valence-electron chi connectivity index (χ2n) is 9.48. The molecule has 1 fully saturated rings. The Morgan fingerprint density at radius 1 is 0.732 bits per heavy atom. The molecule has 11 nitrogen and oxygen atoms in total. The molecule has 1 aliphatic heterocycles. The number of hydrogen-bond acceptors (Lipinski definition) is 9. The van der Waals surface area contributed by atoms with Gasteiger partial charge in [-0.1, -0.05) is 91.0 Å². The van der Waals surface area contributed by atoms with Crippen molar-refractivity contribution in [3.63, 3.8) is 0 Å². The van der Waals surface area contributed by atoms with Gasteiger partial charge in [0.05, 0.1) is 6.61 Å². The summed E-state index contributed by atoms with van der Waals surface area (Å²) in [5.74, 6) is -3.83. The highest BCUT2D eigenvalue weighted by atomic mass is 16.6. The zero-order chi connectivity index (χ0) is 29.4. The number of hydrogen-bond donors (Lipinski definition) is 4. The Kier molecular flexibility index (Phi) is 6.97. The van der Waals surface area contributed by atoms with Crippen molar-refractivity contribution in [3.05, 3.63) is 141 Å². The molecule has 1 saturated heterocycles. The molecule has 208 valence electrons. The van der Waals surface area contributed by atoms with Crippen LogP contribution in [0.3, 0.4) is 0 Å². The van der Waals surface area contributed by atoms with Gasteiger partial charge in [-0.2, -0.15) is 0 Å². The van der Waals surface area contributed by atoms with Gasteiger partial charge >= 0.3 is 5.69 Å². The van der Waals surface area contributed by atoms with Gasteiger partial charge in [0, 0.05) is 29.0 Å². The topological polar surface area (TPSA) is 176 Å². The molecule has 4 N–H and O–H groups in total. The maximum absolute atomic E-state index is 14.5. The lowest BCUT2D eigenvalue weighted by Crippen LogP contribution is -2.74. The zero-order valence-electron chi connectivity index (χ0n) is 21.3. The van der Waals surface area contributed by atoms with E-state index in [-0.39, 0.29) is 16.7 Å². The molecule has 4 atom stereocenters. The van der Waals surface area contributed by atoms with E-state index in [1.807, 2.05) is 4.98 Å². The summed E-state index contributed by atoms with van der Waals surface area (Å²) in [5.41, 5.74) is -12.9. The average molecular weight is 557 g/mol. The second kappa shape index (κ2) is 10.3. The van der Waals surface area contributed by atoms with Crippen LogP contribution >= 0.6 is 0 Å². The lowest BCUT2D eigenvalue weighted by atomic mass is 9.66. The van der Waals surface area contributed by atoms with Crippen LogP contribution in [0.15, 0.2) is 113 Å². The summed E-state index contributed by atoms with van der Waals surface area (Å²) in [6.45, 7) is -1.17. The molecule has 0 spiro atoms. The number of aliphatic hydroxyl groups is 3. The van der Waals surface area contributed by atoms with Crippen LogP contribution in [-0.2, 0) is 10.5 Å². The minimum absolute atomic E-state index is 0.182. The molecule has 0 bridgehead atoms. The Balaban J connectivity index is 1.94. The predicted molar refractivity (Wildman–Crippen MR) is 143 cm³/mol. The van der Waals surface area contributed by atoms with Gasteiger partial charge in [0.15, 0.2) is 5.60 Å². The van der Waals surface area contributed by atoms with E-state index in [0.717, 1.165) is 12.3 Å². The molecule has 41 heavy (non-hydrogen) atoms. The van der Waals surface area contributed by atoms with Gasteiger partial charge in [-0.25, -0.2) is 4.79 Å². The number of Topliss-reactive ketones (excluding diaryl/α,β-unsaturated/α-hetero) is 3. The molecule has 0 radical (unpaired) electrons. The zero-order valence-corrected chi connectivity index (χ0v) is 21.3. The van der Waals surface area contributed by atoms with Gasteiger partial charge in [-0.3, -0.25) is 28.7 Å². The molecule has 3 aromatic carbocycles. The Morgan fingerprint density at radius 3 is 1.66 bits per heavy atom. The number of aliphatic hydroxyl groups excluding tert-OH is 1. The quantitative estimate of drug-likeness (QED) is 0.228. The number of aromatic nitrogens is 2. The van der Waals surface area contributed by atoms with Gasteiger partial charge in [0.2, 0.25) is 23.0 Å². The fraction of sp³-hybridized carbons (Fsp3) is 0.167. The van der Waals surface area contributed by atoms with Crippen LogP contribution in [-0.4, -0.2) is 66.1 Å². The van der Waals surface area contributed by atoms with E-state index in [4.69, 9.17) is 4.74 Å². The van der Waals surface area contributed by atoms with Crippen molar-refractivity contribution in [3.8, 4) is 0 Å². The van der Waals surface area contributed by atoms with E-state index in [2.05, 4.69) is 0 Å². The summed E-state index contributed by atoms with van der Waals surface area (Å²) < 4.78 is 6.39. The van der Waals surface area contributed by atoms with Crippen molar-refractivity contribution in [2.75, 3.05) is 6.61 Å². The van der Waals surface area contributed by atoms with Crippen molar-refractivity contribution in [1.29, 1.82) is 0 Å². The number of carbonyl (C=O) groups excluding carboxylic acids is 3. The SMILES string of the molecule is O=C(c1ccccc1)[C@@]1(O)[C@@](O)(C(=O)c2ccccc2)[C@@H](CO)O[C@@]1(C(=O)c1ccccc1)n1ccc(=O)[nH]c1=O. The third-order valence-corrected chi connectivity index (χ3v) is 7.24. The van der Waals surface area contributed by atoms with Gasteiger partial charge in [-0.05, 0) is 0 Å². The van der Waals surface area contributed by atoms with Crippen LogP contribution < -0.4 is 11.2 Å². The molecule has 1 aliphatic rings. The molecule has 4 aromatic rings. The monoisotopic (exact) mass is 556 g/mol. The first-order valence-corrected chi connectivity index (χ1v) is 12.5. The summed E-state index contributed by atoms with van der Waals surface area (Å²) in [6, 6.07) is 22.1. The molecule has 0 saturated carbocycles. The smallest absolute Gasteiger partial charge is 0.331 e. The number of ketones is 3. The van der Waals surface area contributed by atoms with Crippen LogP contribution in [0.1, 0.15) is 31.1 Å². The normalized spacial score (nSPS) is 25.5. The first-order valence-electron chi connectivity index (χ1n) is 12.5. The van der Waals surface area contributed by atoms with Crippen LogP contribution in [0.25, 0.3) is 0 Å². The Hall–Kier alpha value is -4.81. The minimum atomic E-state index is -3.59. The number of benzene rings is 3. The van der Waals surface area contributed by atoms with Crippen molar-refractivity contribution in [2.45, 2.75) is 23.0 Å². The maximum Gasteiger partial charge on any atom is 0.331 e. The lowest BCUT2D eigenvalue weighted by molar-refractivity contribution is -0.149. The fourth-order valence-electron chi connectivity index (χ4n) is 5.29. The van der Waals surface area contributed by atoms with E-state index in [1.165, 1.54) is 72.8 Å². The predicted octanol–water partition coefficient (Wildman–Crippen LogP) is 0.691. The second-order valence-corrected chi connectivity index (χ2v) is 9.48. The van der Waals surface area contributed by atoms with Gasteiger partial charge in [-0.15, -0.1) is 0 Å². The standard InChI is InChI=1S/C30H24N2O9/c33-18-22-28(39,24(35)19-10-4-1-5-11-19)29(40,25(36)20-12-6-2-7-13-20)30(41-22,26(37)21-14-8-3-9-15-21)32-17-16-23(34)31-27(32)38/h1-17,22,33,39-40H,18H2,(H,31,34,38)/t22-,28+,29-,30-/m1/s1. The molecule has 1 aromatic heterocycles. The molecule has 5 rings (SSSR count). The van der Waals surface area contributed by atoms with Crippen LogP contribution in [0.5, 0.6) is 0 Å². The van der Waals surface area contributed by atoms with Crippen molar-refractivity contribution >= 4 is 17.3 Å². The van der Waals surface area contributed by atoms with Crippen LogP contribution in [0, 0.1) is 0 Å². The first kappa shape index (κ1) is 27.7. The number of ether oxygens (including phenoxy) is 1. The first-order chi connectivity index (χ1) is 19.6. The number of carbonyl (C=O) groups is 3. The highest BCUT2D eigenvalue weighted by Gasteiger charge is 2.82.